The van der Waals surface area contributed by atoms with Crippen molar-refractivity contribution in [3.05, 3.63) is 0 Å². The number of amides is 1. The van der Waals surface area contributed by atoms with Gasteiger partial charge in [0.15, 0.2) is 0 Å². The van der Waals surface area contributed by atoms with Gasteiger partial charge in [0, 0.05) is 23.7 Å². The summed E-state index contributed by atoms with van der Waals surface area (Å²) in [7, 11) is 0. The Kier molecular flexibility index (Phi) is 7.57. The van der Waals surface area contributed by atoms with Crippen LogP contribution in [0, 0.1) is 44.8 Å². The lowest BCUT2D eigenvalue weighted by atomic mass is 9.41. The number of alkyl halides is 2. The topological polar surface area (TPSA) is 131 Å². The van der Waals surface area contributed by atoms with Crippen LogP contribution in [0.15, 0.2) is 0 Å². The van der Waals surface area contributed by atoms with Gasteiger partial charge in [-0.3, -0.25) is 4.79 Å². The molecule has 6 fully saturated rings. The fourth-order valence-electron chi connectivity index (χ4n) is 12.8. The minimum Gasteiger partial charge on any atom is -0.461 e. The van der Waals surface area contributed by atoms with E-state index in [0.717, 1.165) is 25.7 Å². The predicted molar refractivity (Wildman–Crippen MR) is 169 cm³/mol. The van der Waals surface area contributed by atoms with Crippen molar-refractivity contribution in [2.45, 2.75) is 168 Å². The summed E-state index contributed by atoms with van der Waals surface area (Å²) in [5.74, 6) is -4.66. The van der Waals surface area contributed by atoms with Gasteiger partial charge in [-0.1, -0.05) is 27.7 Å². The number of aliphatic hydroxyl groups is 2. The number of ether oxygens (including phenoxy) is 2. The fourth-order valence-corrected chi connectivity index (χ4v) is 12.8. The zero-order valence-electron chi connectivity index (χ0n) is 29.3. The van der Waals surface area contributed by atoms with Gasteiger partial charge in [0.2, 0.25) is 5.91 Å². The van der Waals surface area contributed by atoms with Crippen molar-refractivity contribution in [2.24, 2.45) is 50.6 Å². The van der Waals surface area contributed by atoms with E-state index in [1.54, 1.807) is 34.6 Å². The highest BCUT2D eigenvalue weighted by atomic mass is 19.3. The van der Waals surface area contributed by atoms with Gasteiger partial charge >= 0.3 is 5.97 Å². The average molecular weight is 653 g/mol. The first-order chi connectivity index (χ1) is 20.9. The molecule has 1 aliphatic heterocycles. The van der Waals surface area contributed by atoms with Crippen molar-refractivity contribution in [3.63, 3.8) is 0 Å². The summed E-state index contributed by atoms with van der Waals surface area (Å²) in [6.45, 7) is 16.6. The fraction of sp³-hybridized carbons (Fsp3) is 0.944. The normalized spacial score (nSPS) is 49.9. The Morgan fingerprint density at radius 3 is 2.20 bits per heavy atom. The number of aliphatic hydroxyl groups excluding tert-OH is 1. The van der Waals surface area contributed by atoms with Gasteiger partial charge in [0.25, 0.3) is 5.92 Å². The number of fused-ring (bicyclic) bond motifs is 2. The smallest absolute Gasteiger partial charge is 0.328 e. The first kappa shape index (κ1) is 34.5. The van der Waals surface area contributed by atoms with Gasteiger partial charge in [-0.25, -0.2) is 13.6 Å². The van der Waals surface area contributed by atoms with Gasteiger partial charge < -0.3 is 30.7 Å². The number of rotatable bonds is 6. The van der Waals surface area contributed by atoms with Crippen LogP contribution in [-0.4, -0.2) is 69.6 Å². The highest BCUT2D eigenvalue weighted by molar-refractivity contribution is 5.86. The van der Waals surface area contributed by atoms with Crippen molar-refractivity contribution in [1.82, 2.24) is 5.32 Å². The maximum atomic E-state index is 15.8. The Hall–Kier alpha value is -1.36. The van der Waals surface area contributed by atoms with Crippen LogP contribution in [-0.2, 0) is 19.1 Å². The number of nitrogens with one attached hydrogen (secondary N) is 1. The third-order valence-corrected chi connectivity index (χ3v) is 15.2. The highest BCUT2D eigenvalue weighted by Gasteiger charge is 2.86. The van der Waals surface area contributed by atoms with Gasteiger partial charge in [-0.15, -0.1) is 0 Å². The molecule has 46 heavy (non-hydrogen) atoms. The second-order valence-corrected chi connectivity index (χ2v) is 18.4. The van der Waals surface area contributed by atoms with Gasteiger partial charge in [0.1, 0.15) is 12.1 Å². The molecule has 0 unspecified atom stereocenters. The molecule has 0 bridgehead atoms. The first-order valence-electron chi connectivity index (χ1n) is 17.7. The van der Waals surface area contributed by atoms with Crippen molar-refractivity contribution >= 4 is 11.9 Å². The predicted octanol–water partition coefficient (Wildman–Crippen LogP) is 5.11. The van der Waals surface area contributed by atoms with Crippen molar-refractivity contribution < 1.29 is 38.1 Å². The van der Waals surface area contributed by atoms with Crippen LogP contribution in [0.1, 0.15) is 120 Å². The maximum Gasteiger partial charge on any atom is 0.328 e. The Morgan fingerprint density at radius 1 is 0.978 bits per heavy atom. The van der Waals surface area contributed by atoms with Gasteiger partial charge in [0.05, 0.1) is 29.5 Å². The molecule has 13 atom stereocenters. The average Bonchev–Trinajstić information content (AvgIpc) is 3.30. The SMILES string of the molecule is C[C@@H](N)C(=O)N[C@H](C)C(=O)O[C@H]1C[C@@H]2[C@]3(CC[C@]4(C)[C@@H]([C@]5(C)CC[C@@H](C(C)(C)O)O5)[C@@H](O)C[C@@]24C)C[C@@]32CCC(F)(F)C(C)(C)[C@H]12. The molecular formula is C36H58F2N2O6. The number of nitrogens with two attached hydrogens (primary N) is 1. The van der Waals surface area contributed by atoms with Crippen LogP contribution in [0.3, 0.4) is 0 Å². The van der Waals surface area contributed by atoms with Crippen LogP contribution >= 0.6 is 0 Å². The Morgan fingerprint density at radius 2 is 1.61 bits per heavy atom. The molecule has 5 aliphatic carbocycles. The standard InChI is InChI=1S/C36H58F2N2O6/c1-19(39)27(42)40-20(2)28(43)45-22-16-23-32(8)17-21(41)25(33(9)11-10-24(46-33)30(5,6)44)31(32,7)12-13-34(23)18-35(34)14-15-36(37,38)29(3,4)26(22)35/h19-26,41,44H,10-18,39H2,1-9H3,(H,40,42)/t19-,20-,21+,22+,23+,24+,25+,26+,31-,32+,33+,34+,35-/m1/s1. The minimum atomic E-state index is -2.91. The Bertz CT molecular complexity index is 1290. The molecule has 1 heterocycles. The molecule has 6 aliphatic rings. The largest absolute Gasteiger partial charge is 0.461 e. The van der Waals surface area contributed by atoms with Crippen molar-refractivity contribution in [2.75, 3.05) is 0 Å². The monoisotopic (exact) mass is 652 g/mol. The molecule has 5 saturated carbocycles. The summed E-state index contributed by atoms with van der Waals surface area (Å²) < 4.78 is 44.6. The van der Waals surface area contributed by atoms with E-state index in [2.05, 4.69) is 26.1 Å². The molecule has 8 nitrogen and oxygen atoms in total. The van der Waals surface area contributed by atoms with E-state index in [-0.39, 0.29) is 46.0 Å². The van der Waals surface area contributed by atoms with Gasteiger partial charge in [-0.05, 0) is 114 Å². The van der Waals surface area contributed by atoms with Crippen LogP contribution in [0.25, 0.3) is 0 Å². The number of carbonyl (C=O) groups is 2. The molecule has 0 aromatic rings. The summed E-state index contributed by atoms with van der Waals surface area (Å²) >= 11 is 0. The summed E-state index contributed by atoms with van der Waals surface area (Å²) in [5.41, 5.74) is 1.51. The summed E-state index contributed by atoms with van der Waals surface area (Å²) in [6.07, 6.45) is 3.56. The molecule has 6 rings (SSSR count). The molecule has 10 heteroatoms. The summed E-state index contributed by atoms with van der Waals surface area (Å²) in [6, 6.07) is -1.78. The molecule has 0 radical (unpaired) electrons. The van der Waals surface area contributed by atoms with Crippen LogP contribution in [0.2, 0.25) is 0 Å². The molecular weight excluding hydrogens is 594 g/mol. The lowest BCUT2D eigenvalue weighted by Gasteiger charge is -2.65. The third-order valence-electron chi connectivity index (χ3n) is 15.2. The second-order valence-electron chi connectivity index (χ2n) is 18.4. The molecule has 5 N–H and O–H groups in total. The lowest BCUT2D eigenvalue weighted by Crippen LogP contribution is -2.64. The van der Waals surface area contributed by atoms with Crippen molar-refractivity contribution in [3.8, 4) is 0 Å². The van der Waals surface area contributed by atoms with Crippen LogP contribution < -0.4 is 11.1 Å². The zero-order chi connectivity index (χ0) is 34.3. The van der Waals surface area contributed by atoms with E-state index in [4.69, 9.17) is 15.2 Å². The third kappa shape index (κ3) is 4.40. The molecule has 2 spiro atoms. The van der Waals surface area contributed by atoms with Crippen LogP contribution in [0.5, 0.6) is 0 Å². The number of esters is 1. The maximum absolute atomic E-state index is 15.8. The van der Waals surface area contributed by atoms with E-state index < -0.39 is 64.6 Å². The minimum absolute atomic E-state index is 0.0546. The zero-order valence-corrected chi connectivity index (χ0v) is 29.3. The number of carbonyl (C=O) groups excluding carboxylic acids is 2. The van der Waals surface area contributed by atoms with Crippen molar-refractivity contribution in [1.29, 1.82) is 0 Å². The molecule has 262 valence electrons. The number of hydrogen-bond donors (Lipinski definition) is 4. The Balaban J connectivity index is 1.37. The van der Waals surface area contributed by atoms with E-state index >= 15 is 8.78 Å². The van der Waals surface area contributed by atoms with E-state index in [9.17, 15) is 19.8 Å². The summed E-state index contributed by atoms with van der Waals surface area (Å²) in [5, 5.41) is 25.4. The van der Waals surface area contributed by atoms with E-state index in [1.165, 1.54) is 6.92 Å². The summed E-state index contributed by atoms with van der Waals surface area (Å²) in [4.78, 5) is 25.8. The van der Waals surface area contributed by atoms with Crippen LogP contribution in [0.4, 0.5) is 8.78 Å². The second kappa shape index (κ2) is 10.1. The highest BCUT2D eigenvalue weighted by Crippen LogP contribution is 2.90. The molecule has 1 saturated heterocycles. The molecule has 0 aromatic heterocycles. The quantitative estimate of drug-likeness (QED) is 0.293. The lowest BCUT2D eigenvalue weighted by molar-refractivity contribution is -0.252. The van der Waals surface area contributed by atoms with Gasteiger partial charge in [-0.2, -0.15) is 0 Å². The first-order valence-corrected chi connectivity index (χ1v) is 17.7. The van der Waals surface area contributed by atoms with E-state index in [0.29, 0.717) is 25.7 Å². The molecule has 1 amide bonds. The number of halogens is 2. The van der Waals surface area contributed by atoms with E-state index in [1.807, 2.05) is 0 Å². The molecule has 0 aromatic carbocycles. The Labute approximate surface area is 273 Å². The number of hydrogen-bond acceptors (Lipinski definition) is 7.